The van der Waals surface area contributed by atoms with Gasteiger partial charge in [0, 0.05) is 29.4 Å². The predicted octanol–water partition coefficient (Wildman–Crippen LogP) is 4.36. The lowest BCUT2D eigenvalue weighted by Gasteiger charge is -2.03. The summed E-state index contributed by atoms with van der Waals surface area (Å²) in [6.07, 6.45) is 3.39. The summed E-state index contributed by atoms with van der Waals surface area (Å²) in [6.45, 7) is 0. The molecule has 0 unspecified atom stereocenters. The first-order valence-electron chi connectivity index (χ1n) is 5.38. The SMILES string of the molecule is Fc1ccc2oc(-c3cccnc3)cc(=S)c2c1. The fourth-order valence-corrected chi connectivity index (χ4v) is 2.05. The van der Waals surface area contributed by atoms with Crippen LogP contribution in [-0.2, 0) is 0 Å². The van der Waals surface area contributed by atoms with Crippen molar-refractivity contribution in [3.63, 3.8) is 0 Å². The van der Waals surface area contributed by atoms with Gasteiger partial charge in [0.05, 0.1) is 4.51 Å². The van der Waals surface area contributed by atoms with E-state index in [0.717, 1.165) is 5.56 Å². The van der Waals surface area contributed by atoms with E-state index in [0.29, 0.717) is 21.2 Å². The van der Waals surface area contributed by atoms with Gasteiger partial charge >= 0.3 is 0 Å². The molecule has 18 heavy (non-hydrogen) atoms. The van der Waals surface area contributed by atoms with Crippen LogP contribution >= 0.6 is 12.2 Å². The topological polar surface area (TPSA) is 26.0 Å². The van der Waals surface area contributed by atoms with Crippen LogP contribution in [-0.4, -0.2) is 4.98 Å². The van der Waals surface area contributed by atoms with E-state index in [-0.39, 0.29) is 5.82 Å². The molecule has 0 aliphatic rings. The van der Waals surface area contributed by atoms with Crippen LogP contribution in [0.25, 0.3) is 22.3 Å². The first-order chi connectivity index (χ1) is 8.74. The van der Waals surface area contributed by atoms with E-state index in [1.807, 2.05) is 12.1 Å². The van der Waals surface area contributed by atoms with Gasteiger partial charge in [-0.2, -0.15) is 0 Å². The molecule has 0 fully saturated rings. The number of hydrogen-bond donors (Lipinski definition) is 0. The van der Waals surface area contributed by atoms with Crippen LogP contribution in [0.1, 0.15) is 0 Å². The fourth-order valence-electron chi connectivity index (χ4n) is 1.78. The van der Waals surface area contributed by atoms with Gasteiger partial charge in [-0.3, -0.25) is 4.98 Å². The maximum Gasteiger partial charge on any atom is 0.137 e. The van der Waals surface area contributed by atoms with Crippen LogP contribution in [0.4, 0.5) is 4.39 Å². The summed E-state index contributed by atoms with van der Waals surface area (Å²) in [6, 6.07) is 9.75. The van der Waals surface area contributed by atoms with Crippen LogP contribution < -0.4 is 0 Å². The lowest BCUT2D eigenvalue weighted by molar-refractivity contribution is 0.609. The van der Waals surface area contributed by atoms with Gasteiger partial charge in [0.1, 0.15) is 17.2 Å². The average molecular weight is 257 g/mol. The quantitative estimate of drug-likeness (QED) is 0.606. The van der Waals surface area contributed by atoms with Gasteiger partial charge in [0.25, 0.3) is 0 Å². The largest absolute Gasteiger partial charge is 0.456 e. The number of benzene rings is 1. The number of aromatic nitrogens is 1. The summed E-state index contributed by atoms with van der Waals surface area (Å²) in [4.78, 5) is 4.03. The van der Waals surface area contributed by atoms with Crippen LogP contribution in [0.15, 0.2) is 53.2 Å². The number of pyridine rings is 1. The van der Waals surface area contributed by atoms with Gasteiger partial charge in [-0.15, -0.1) is 0 Å². The second-order valence-corrected chi connectivity index (χ2v) is 4.30. The van der Waals surface area contributed by atoms with Crippen molar-refractivity contribution in [3.05, 3.63) is 59.1 Å². The van der Waals surface area contributed by atoms with Crippen molar-refractivity contribution in [3.8, 4) is 11.3 Å². The molecule has 0 saturated heterocycles. The van der Waals surface area contributed by atoms with Crippen LogP contribution in [0.5, 0.6) is 0 Å². The summed E-state index contributed by atoms with van der Waals surface area (Å²) in [5.41, 5.74) is 1.41. The minimum absolute atomic E-state index is 0.321. The second-order valence-electron chi connectivity index (χ2n) is 3.86. The van der Waals surface area contributed by atoms with E-state index in [4.69, 9.17) is 16.6 Å². The minimum atomic E-state index is -0.321. The molecule has 2 aromatic heterocycles. The molecule has 88 valence electrons. The van der Waals surface area contributed by atoms with Crippen molar-refractivity contribution in [2.45, 2.75) is 0 Å². The zero-order valence-electron chi connectivity index (χ0n) is 9.26. The Labute approximate surface area is 108 Å². The predicted molar refractivity (Wildman–Crippen MR) is 70.2 cm³/mol. The van der Waals surface area contributed by atoms with Crippen LogP contribution in [0, 0.1) is 10.3 Å². The van der Waals surface area contributed by atoms with Crippen molar-refractivity contribution in [2.75, 3.05) is 0 Å². The van der Waals surface area contributed by atoms with E-state index in [1.54, 1.807) is 24.5 Å². The molecule has 0 atom stereocenters. The Hall–Kier alpha value is -2.07. The normalized spacial score (nSPS) is 10.7. The zero-order chi connectivity index (χ0) is 12.5. The molecular formula is C14H8FNOS. The third kappa shape index (κ3) is 1.91. The molecule has 0 amide bonds. The Morgan fingerprint density at radius 2 is 2.06 bits per heavy atom. The molecule has 0 spiro atoms. The van der Waals surface area contributed by atoms with E-state index < -0.39 is 0 Å². The second kappa shape index (κ2) is 4.31. The summed E-state index contributed by atoms with van der Waals surface area (Å²) in [5.74, 6) is 0.310. The average Bonchev–Trinajstić information content (AvgIpc) is 2.40. The molecule has 4 heteroatoms. The highest BCUT2D eigenvalue weighted by Crippen LogP contribution is 2.25. The number of hydrogen-bond acceptors (Lipinski definition) is 3. The van der Waals surface area contributed by atoms with Gasteiger partial charge in [-0.25, -0.2) is 4.39 Å². The first kappa shape index (κ1) is 11.0. The monoisotopic (exact) mass is 257 g/mol. The van der Waals surface area contributed by atoms with Crippen molar-refractivity contribution < 1.29 is 8.81 Å². The lowest BCUT2D eigenvalue weighted by Crippen LogP contribution is -1.83. The number of nitrogens with zero attached hydrogens (tertiary/aromatic N) is 1. The van der Waals surface area contributed by atoms with Crippen LogP contribution in [0.3, 0.4) is 0 Å². The maximum absolute atomic E-state index is 13.1. The van der Waals surface area contributed by atoms with E-state index in [2.05, 4.69) is 4.98 Å². The van der Waals surface area contributed by atoms with Gasteiger partial charge in [-0.05, 0) is 30.3 Å². The van der Waals surface area contributed by atoms with Crippen LogP contribution in [0.2, 0.25) is 0 Å². The molecule has 0 aliphatic heterocycles. The Morgan fingerprint density at radius 3 is 2.83 bits per heavy atom. The molecule has 0 bridgehead atoms. The molecule has 0 N–H and O–H groups in total. The number of fused-ring (bicyclic) bond motifs is 1. The van der Waals surface area contributed by atoms with E-state index in [1.165, 1.54) is 12.1 Å². The Kier molecular flexibility index (Phi) is 2.64. The molecule has 3 aromatic rings. The van der Waals surface area contributed by atoms with Gasteiger partial charge in [0.15, 0.2) is 0 Å². The van der Waals surface area contributed by atoms with Gasteiger partial charge in [0.2, 0.25) is 0 Å². The molecule has 0 saturated carbocycles. The molecule has 0 aliphatic carbocycles. The van der Waals surface area contributed by atoms with E-state index >= 15 is 0 Å². The smallest absolute Gasteiger partial charge is 0.137 e. The molecular weight excluding hydrogens is 249 g/mol. The number of halogens is 1. The Balaban J connectivity index is 2.29. The zero-order valence-corrected chi connectivity index (χ0v) is 10.1. The molecule has 0 radical (unpaired) electrons. The van der Waals surface area contributed by atoms with Crippen molar-refractivity contribution in [2.24, 2.45) is 0 Å². The Bertz CT molecular complexity index is 768. The van der Waals surface area contributed by atoms with E-state index in [9.17, 15) is 4.39 Å². The highest BCUT2D eigenvalue weighted by Gasteiger charge is 2.05. The lowest BCUT2D eigenvalue weighted by atomic mass is 10.1. The summed E-state index contributed by atoms with van der Waals surface area (Å²) in [5, 5.41) is 0.609. The molecule has 3 rings (SSSR count). The van der Waals surface area contributed by atoms with Crippen molar-refractivity contribution >= 4 is 23.2 Å². The minimum Gasteiger partial charge on any atom is -0.456 e. The standard InChI is InChI=1S/C14H8FNOS/c15-10-3-4-12-11(6-10)14(18)7-13(17-12)9-2-1-5-16-8-9/h1-8H. The highest BCUT2D eigenvalue weighted by atomic mass is 32.1. The first-order valence-corrected chi connectivity index (χ1v) is 5.79. The third-order valence-corrected chi connectivity index (χ3v) is 2.97. The molecule has 2 heterocycles. The van der Waals surface area contributed by atoms with Crippen molar-refractivity contribution in [1.29, 1.82) is 0 Å². The highest BCUT2D eigenvalue weighted by molar-refractivity contribution is 7.71. The van der Waals surface area contributed by atoms with Gasteiger partial charge in [-0.1, -0.05) is 12.2 Å². The van der Waals surface area contributed by atoms with Crippen molar-refractivity contribution in [1.82, 2.24) is 4.98 Å². The fraction of sp³-hybridized carbons (Fsp3) is 0. The third-order valence-electron chi connectivity index (χ3n) is 2.64. The summed E-state index contributed by atoms with van der Waals surface area (Å²) < 4.78 is 19.4. The van der Waals surface area contributed by atoms with Gasteiger partial charge < -0.3 is 4.42 Å². The summed E-state index contributed by atoms with van der Waals surface area (Å²) in [7, 11) is 0. The maximum atomic E-state index is 13.1. The summed E-state index contributed by atoms with van der Waals surface area (Å²) >= 11 is 5.25. The number of rotatable bonds is 1. The molecule has 2 nitrogen and oxygen atoms in total. The molecule has 1 aromatic carbocycles. The Morgan fingerprint density at radius 1 is 1.17 bits per heavy atom.